The molecule has 2 aliphatic heterocycles. The van der Waals surface area contributed by atoms with Crippen LogP contribution in [-0.4, -0.2) is 75.3 Å². The SMILES string of the molecule is CC(=O)OC[C@H]1O[C@@H](n2cnc3c2NCC(O)NC3=O)[C@H](OC(C)=O)[C@@H]1O. The van der Waals surface area contributed by atoms with Crippen LogP contribution in [-0.2, 0) is 23.8 Å². The highest BCUT2D eigenvalue weighted by Gasteiger charge is 2.48. The number of aromatic nitrogens is 2. The Morgan fingerprint density at radius 1 is 1.37 bits per heavy atom. The number of amides is 1. The monoisotopic (exact) mass is 384 g/mol. The van der Waals surface area contributed by atoms with Crippen molar-refractivity contribution in [2.75, 3.05) is 18.5 Å². The molecule has 0 aromatic carbocycles. The minimum atomic E-state index is -1.28. The Bertz CT molecular complexity index is 750. The summed E-state index contributed by atoms with van der Waals surface area (Å²) in [5, 5.41) is 25.3. The topological polar surface area (TPSA) is 161 Å². The van der Waals surface area contributed by atoms with Crippen LogP contribution in [0.3, 0.4) is 0 Å². The number of ether oxygens (including phenoxy) is 3. The minimum absolute atomic E-state index is 0.00875. The molecule has 0 spiro atoms. The second-order valence-electron chi connectivity index (χ2n) is 6.15. The molecule has 4 N–H and O–H groups in total. The van der Waals surface area contributed by atoms with Gasteiger partial charge in [0.1, 0.15) is 30.9 Å². The number of nitrogens with one attached hydrogen (secondary N) is 2. The quantitative estimate of drug-likeness (QED) is 0.432. The van der Waals surface area contributed by atoms with E-state index in [1.807, 2.05) is 0 Å². The van der Waals surface area contributed by atoms with Gasteiger partial charge in [0.05, 0.1) is 12.9 Å². The zero-order chi connectivity index (χ0) is 19.7. The minimum Gasteiger partial charge on any atom is -0.463 e. The maximum Gasteiger partial charge on any atom is 0.303 e. The standard InChI is InChI=1S/C15H20N4O8/c1-6(20)25-4-8-11(23)12(26-7(2)21)15(27-8)19-5-17-10-13(19)16-3-9(22)18-14(10)24/h5,8-9,11-12,15-16,22-23H,3-4H2,1-2H3,(H,18,24)/t8-,9?,11-,12-,15-/m1/s1. The van der Waals surface area contributed by atoms with E-state index < -0.39 is 48.6 Å². The number of hydrogen-bond acceptors (Lipinski definition) is 10. The Kier molecular flexibility index (Phi) is 5.30. The van der Waals surface area contributed by atoms with E-state index in [-0.39, 0.29) is 24.7 Å². The van der Waals surface area contributed by atoms with Crippen molar-refractivity contribution in [2.24, 2.45) is 0 Å². The largest absolute Gasteiger partial charge is 0.463 e. The van der Waals surface area contributed by atoms with Crippen LogP contribution in [0.25, 0.3) is 0 Å². The van der Waals surface area contributed by atoms with Gasteiger partial charge in [-0.1, -0.05) is 0 Å². The number of anilines is 1. The molecule has 1 fully saturated rings. The Hall–Kier alpha value is -2.70. The average Bonchev–Trinajstić information content (AvgIpc) is 3.08. The van der Waals surface area contributed by atoms with E-state index in [1.54, 1.807) is 0 Å². The van der Waals surface area contributed by atoms with Crippen molar-refractivity contribution in [1.82, 2.24) is 14.9 Å². The number of aliphatic hydroxyl groups excluding tert-OH is 2. The number of carbonyl (C=O) groups excluding carboxylic acids is 3. The molecule has 12 heteroatoms. The number of hydrogen-bond donors (Lipinski definition) is 4. The molecule has 5 atom stereocenters. The smallest absolute Gasteiger partial charge is 0.303 e. The lowest BCUT2D eigenvalue weighted by Crippen LogP contribution is -2.37. The third-order valence-electron chi connectivity index (χ3n) is 4.11. The Labute approximate surface area is 153 Å². The van der Waals surface area contributed by atoms with Crippen molar-refractivity contribution in [1.29, 1.82) is 0 Å². The van der Waals surface area contributed by atoms with Gasteiger partial charge in [0.15, 0.2) is 18.0 Å². The molecule has 0 bridgehead atoms. The molecule has 1 aromatic rings. The van der Waals surface area contributed by atoms with Gasteiger partial charge in [-0.2, -0.15) is 0 Å². The summed E-state index contributed by atoms with van der Waals surface area (Å²) in [6, 6.07) is 0. The van der Waals surface area contributed by atoms with E-state index in [4.69, 9.17) is 14.2 Å². The second kappa shape index (κ2) is 7.50. The highest BCUT2D eigenvalue weighted by atomic mass is 16.6. The first kappa shape index (κ1) is 19.1. The van der Waals surface area contributed by atoms with Gasteiger partial charge < -0.3 is 35.1 Å². The predicted octanol–water partition coefficient (Wildman–Crippen LogP) is -1.89. The summed E-state index contributed by atoms with van der Waals surface area (Å²) in [5.74, 6) is -1.57. The number of β-amino-alcohol motifs (C(OH)–C–C–N with tert-alkyl or cyclic N) is 1. The molecule has 0 aliphatic carbocycles. The van der Waals surface area contributed by atoms with Crippen molar-refractivity contribution in [3.63, 3.8) is 0 Å². The third kappa shape index (κ3) is 3.86. The highest BCUT2D eigenvalue weighted by molar-refractivity contribution is 5.97. The number of carbonyl (C=O) groups is 3. The van der Waals surface area contributed by atoms with E-state index >= 15 is 0 Å². The van der Waals surface area contributed by atoms with Gasteiger partial charge in [0, 0.05) is 13.8 Å². The number of fused-ring (bicyclic) bond motifs is 1. The van der Waals surface area contributed by atoms with Gasteiger partial charge in [0.25, 0.3) is 5.91 Å². The fourth-order valence-corrected chi connectivity index (χ4v) is 2.96. The highest BCUT2D eigenvalue weighted by Crippen LogP contribution is 2.35. The molecule has 148 valence electrons. The van der Waals surface area contributed by atoms with Crippen molar-refractivity contribution >= 4 is 23.7 Å². The molecule has 1 unspecified atom stereocenters. The van der Waals surface area contributed by atoms with Gasteiger partial charge in [-0.15, -0.1) is 0 Å². The number of nitrogens with zero attached hydrogens (tertiary/aromatic N) is 2. The van der Waals surface area contributed by atoms with Crippen molar-refractivity contribution in [3.8, 4) is 0 Å². The maximum atomic E-state index is 12.1. The summed E-state index contributed by atoms with van der Waals surface area (Å²) in [4.78, 5) is 38.6. The van der Waals surface area contributed by atoms with E-state index in [0.717, 1.165) is 0 Å². The number of esters is 2. The third-order valence-corrected chi connectivity index (χ3v) is 4.11. The lowest BCUT2D eigenvalue weighted by molar-refractivity contribution is -0.155. The van der Waals surface area contributed by atoms with Gasteiger partial charge in [0.2, 0.25) is 0 Å². The molecular weight excluding hydrogens is 364 g/mol. The van der Waals surface area contributed by atoms with Gasteiger partial charge in [-0.3, -0.25) is 19.0 Å². The van der Waals surface area contributed by atoms with Crippen molar-refractivity contribution in [2.45, 2.75) is 44.6 Å². The molecule has 3 heterocycles. The fourth-order valence-electron chi connectivity index (χ4n) is 2.96. The molecule has 1 amide bonds. The number of aliphatic hydroxyl groups is 2. The Morgan fingerprint density at radius 3 is 2.78 bits per heavy atom. The molecule has 0 radical (unpaired) electrons. The Balaban J connectivity index is 1.90. The molecule has 27 heavy (non-hydrogen) atoms. The maximum absolute atomic E-state index is 12.1. The van der Waals surface area contributed by atoms with Crippen LogP contribution in [0.2, 0.25) is 0 Å². The molecule has 3 rings (SSSR count). The summed E-state index contributed by atoms with van der Waals surface area (Å²) >= 11 is 0. The van der Waals surface area contributed by atoms with E-state index in [1.165, 1.54) is 24.7 Å². The van der Waals surface area contributed by atoms with Crippen LogP contribution in [0.5, 0.6) is 0 Å². The lowest BCUT2D eigenvalue weighted by atomic mass is 10.1. The molecule has 1 saturated heterocycles. The van der Waals surface area contributed by atoms with Crippen LogP contribution < -0.4 is 10.6 Å². The first-order valence-electron chi connectivity index (χ1n) is 8.21. The van der Waals surface area contributed by atoms with E-state index in [2.05, 4.69) is 15.6 Å². The summed E-state index contributed by atoms with van der Waals surface area (Å²) in [7, 11) is 0. The van der Waals surface area contributed by atoms with E-state index in [0.29, 0.717) is 0 Å². The average molecular weight is 384 g/mol. The first-order chi connectivity index (χ1) is 12.8. The lowest BCUT2D eigenvalue weighted by Gasteiger charge is -2.22. The molecule has 2 aliphatic rings. The molecule has 0 saturated carbocycles. The fraction of sp³-hybridized carbons (Fsp3) is 0.600. The zero-order valence-corrected chi connectivity index (χ0v) is 14.6. The normalized spacial score (nSPS) is 29.9. The van der Waals surface area contributed by atoms with E-state index in [9.17, 15) is 24.6 Å². The number of rotatable bonds is 4. The second-order valence-corrected chi connectivity index (χ2v) is 6.15. The molecular formula is C15H20N4O8. The summed E-state index contributed by atoms with van der Waals surface area (Å²) < 4.78 is 17.2. The summed E-state index contributed by atoms with van der Waals surface area (Å²) in [6.45, 7) is 2.16. The van der Waals surface area contributed by atoms with Gasteiger partial charge >= 0.3 is 11.9 Å². The zero-order valence-electron chi connectivity index (χ0n) is 14.6. The van der Waals surface area contributed by atoms with Gasteiger partial charge in [-0.25, -0.2) is 4.98 Å². The van der Waals surface area contributed by atoms with Crippen molar-refractivity contribution in [3.05, 3.63) is 12.0 Å². The molecule has 12 nitrogen and oxygen atoms in total. The Morgan fingerprint density at radius 2 is 2.11 bits per heavy atom. The van der Waals surface area contributed by atoms with Crippen LogP contribution >= 0.6 is 0 Å². The first-order valence-corrected chi connectivity index (χ1v) is 8.21. The number of imidazole rings is 1. The van der Waals surface area contributed by atoms with Crippen LogP contribution in [0.15, 0.2) is 6.33 Å². The van der Waals surface area contributed by atoms with Crippen molar-refractivity contribution < 1.29 is 38.8 Å². The van der Waals surface area contributed by atoms with Crippen LogP contribution in [0, 0.1) is 0 Å². The van der Waals surface area contributed by atoms with Gasteiger partial charge in [-0.05, 0) is 0 Å². The van der Waals surface area contributed by atoms with Crippen LogP contribution in [0.1, 0.15) is 30.6 Å². The predicted molar refractivity (Wildman–Crippen MR) is 86.3 cm³/mol. The summed E-state index contributed by atoms with van der Waals surface area (Å²) in [6.07, 6.45) is -4.21. The summed E-state index contributed by atoms with van der Waals surface area (Å²) in [5.41, 5.74) is 0.00894. The molecule has 1 aromatic heterocycles. The van der Waals surface area contributed by atoms with Crippen LogP contribution in [0.4, 0.5) is 5.82 Å².